The first-order chi connectivity index (χ1) is 9.20. The summed E-state index contributed by atoms with van der Waals surface area (Å²) in [7, 11) is 0. The first-order valence-corrected chi connectivity index (χ1v) is 7.65. The van der Waals surface area contributed by atoms with Crippen LogP contribution in [0, 0.1) is 5.92 Å². The standard InChI is InChI=1S/C16H27N3/c1-4-9-17-14(3)15-7-8-16(18-11-15)19-10-5-6-13(2)12-19/h7-8,11,13-14,17H,4-6,9-10,12H2,1-3H3. The Bertz CT molecular complexity index is 374. The van der Waals surface area contributed by atoms with Crippen LogP contribution in [0.4, 0.5) is 5.82 Å². The van der Waals surface area contributed by atoms with Crippen molar-refractivity contribution in [3.8, 4) is 0 Å². The quantitative estimate of drug-likeness (QED) is 0.880. The van der Waals surface area contributed by atoms with Crippen LogP contribution < -0.4 is 10.2 Å². The van der Waals surface area contributed by atoms with Crippen LogP contribution in [-0.2, 0) is 0 Å². The fourth-order valence-corrected chi connectivity index (χ4v) is 2.72. The van der Waals surface area contributed by atoms with Gasteiger partial charge in [0.25, 0.3) is 0 Å². The smallest absolute Gasteiger partial charge is 0.128 e. The molecule has 2 unspecified atom stereocenters. The predicted octanol–water partition coefficient (Wildman–Crippen LogP) is 3.38. The molecule has 1 fully saturated rings. The molecule has 1 aromatic heterocycles. The van der Waals surface area contributed by atoms with Crippen LogP contribution in [-0.4, -0.2) is 24.6 Å². The van der Waals surface area contributed by atoms with E-state index in [1.54, 1.807) is 0 Å². The maximum absolute atomic E-state index is 4.65. The molecule has 1 saturated heterocycles. The topological polar surface area (TPSA) is 28.2 Å². The van der Waals surface area contributed by atoms with Crippen LogP contribution in [0.2, 0.25) is 0 Å². The number of anilines is 1. The van der Waals surface area contributed by atoms with Gasteiger partial charge in [-0.2, -0.15) is 0 Å². The van der Waals surface area contributed by atoms with Crippen LogP contribution in [0.3, 0.4) is 0 Å². The van der Waals surface area contributed by atoms with E-state index in [-0.39, 0.29) is 0 Å². The second kappa shape index (κ2) is 6.90. The lowest BCUT2D eigenvalue weighted by molar-refractivity contribution is 0.444. The third-order valence-corrected chi connectivity index (χ3v) is 3.95. The van der Waals surface area contributed by atoms with E-state index in [4.69, 9.17) is 0 Å². The molecule has 3 nitrogen and oxygen atoms in total. The Hall–Kier alpha value is -1.09. The lowest BCUT2D eigenvalue weighted by Gasteiger charge is -2.32. The minimum Gasteiger partial charge on any atom is -0.356 e. The highest BCUT2D eigenvalue weighted by Gasteiger charge is 2.17. The molecule has 2 atom stereocenters. The van der Waals surface area contributed by atoms with Gasteiger partial charge in [0.15, 0.2) is 0 Å². The van der Waals surface area contributed by atoms with E-state index in [1.165, 1.54) is 24.8 Å². The molecule has 1 aromatic rings. The number of rotatable bonds is 5. The van der Waals surface area contributed by atoms with Crippen molar-refractivity contribution in [1.29, 1.82) is 0 Å². The molecule has 0 saturated carbocycles. The number of aromatic nitrogens is 1. The fraction of sp³-hybridized carbons (Fsp3) is 0.688. The number of nitrogens with zero attached hydrogens (tertiary/aromatic N) is 2. The minimum atomic E-state index is 0.391. The SMILES string of the molecule is CCCNC(C)c1ccc(N2CCCC(C)C2)nc1. The van der Waals surface area contributed by atoms with Crippen molar-refractivity contribution in [1.82, 2.24) is 10.3 Å². The molecule has 0 amide bonds. The zero-order chi connectivity index (χ0) is 13.7. The maximum Gasteiger partial charge on any atom is 0.128 e. The van der Waals surface area contributed by atoms with E-state index in [1.807, 2.05) is 6.20 Å². The molecule has 0 aromatic carbocycles. The summed E-state index contributed by atoms with van der Waals surface area (Å²) >= 11 is 0. The summed E-state index contributed by atoms with van der Waals surface area (Å²) in [5, 5.41) is 3.50. The first kappa shape index (κ1) is 14.3. The summed E-state index contributed by atoms with van der Waals surface area (Å²) < 4.78 is 0. The van der Waals surface area contributed by atoms with Crippen LogP contribution in [0.5, 0.6) is 0 Å². The molecule has 2 rings (SSSR count). The number of pyridine rings is 1. The highest BCUT2D eigenvalue weighted by Crippen LogP contribution is 2.22. The second-order valence-electron chi connectivity index (χ2n) is 5.82. The number of piperidine rings is 1. The summed E-state index contributed by atoms with van der Waals surface area (Å²) in [4.78, 5) is 7.07. The van der Waals surface area contributed by atoms with E-state index in [2.05, 4.69) is 48.1 Å². The molecule has 19 heavy (non-hydrogen) atoms. The van der Waals surface area contributed by atoms with E-state index in [0.29, 0.717) is 6.04 Å². The predicted molar refractivity (Wildman–Crippen MR) is 81.6 cm³/mol. The molecule has 2 heterocycles. The third kappa shape index (κ3) is 3.93. The molecule has 1 N–H and O–H groups in total. The number of nitrogens with one attached hydrogen (secondary N) is 1. The monoisotopic (exact) mass is 261 g/mol. The Kier molecular flexibility index (Phi) is 5.20. The summed E-state index contributed by atoms with van der Waals surface area (Å²) in [5.74, 6) is 1.93. The van der Waals surface area contributed by atoms with Gasteiger partial charge in [-0.3, -0.25) is 0 Å². The van der Waals surface area contributed by atoms with Crippen LogP contribution >= 0.6 is 0 Å². The maximum atomic E-state index is 4.65. The largest absolute Gasteiger partial charge is 0.356 e. The number of hydrogen-bond donors (Lipinski definition) is 1. The van der Waals surface area contributed by atoms with Gasteiger partial charge < -0.3 is 10.2 Å². The Morgan fingerprint density at radius 3 is 2.95 bits per heavy atom. The Labute approximate surface area is 117 Å². The molecule has 0 aliphatic carbocycles. The molecular formula is C16H27N3. The van der Waals surface area contributed by atoms with Gasteiger partial charge in [0.05, 0.1) is 0 Å². The van der Waals surface area contributed by atoms with Crippen molar-refractivity contribution in [2.24, 2.45) is 5.92 Å². The Morgan fingerprint density at radius 2 is 2.32 bits per heavy atom. The fourth-order valence-electron chi connectivity index (χ4n) is 2.72. The number of hydrogen-bond acceptors (Lipinski definition) is 3. The van der Waals surface area contributed by atoms with Crippen molar-refractivity contribution in [2.75, 3.05) is 24.5 Å². The van der Waals surface area contributed by atoms with Gasteiger partial charge in [-0.05, 0) is 50.3 Å². The average molecular weight is 261 g/mol. The molecule has 3 heteroatoms. The molecule has 106 valence electrons. The molecular weight excluding hydrogens is 234 g/mol. The summed E-state index contributed by atoms with van der Waals surface area (Å²) in [6.45, 7) is 10.1. The minimum absolute atomic E-state index is 0.391. The molecule has 1 aliphatic heterocycles. The van der Waals surface area contributed by atoms with E-state index in [0.717, 1.165) is 31.4 Å². The highest BCUT2D eigenvalue weighted by molar-refractivity contribution is 5.40. The average Bonchev–Trinajstić information content (AvgIpc) is 2.45. The van der Waals surface area contributed by atoms with Crippen molar-refractivity contribution in [3.05, 3.63) is 23.9 Å². The van der Waals surface area contributed by atoms with Crippen molar-refractivity contribution < 1.29 is 0 Å². The lowest BCUT2D eigenvalue weighted by atomic mass is 10.0. The van der Waals surface area contributed by atoms with Gasteiger partial charge in [-0.1, -0.05) is 19.9 Å². The van der Waals surface area contributed by atoms with E-state index >= 15 is 0 Å². The summed E-state index contributed by atoms with van der Waals surface area (Å²) in [5.41, 5.74) is 1.28. The molecule has 1 aliphatic rings. The van der Waals surface area contributed by atoms with Gasteiger partial charge in [0.1, 0.15) is 5.82 Å². The van der Waals surface area contributed by atoms with Crippen LogP contribution in [0.1, 0.15) is 51.6 Å². The Balaban J connectivity index is 1.97. The van der Waals surface area contributed by atoms with Gasteiger partial charge in [0, 0.05) is 25.3 Å². The van der Waals surface area contributed by atoms with Gasteiger partial charge in [-0.25, -0.2) is 4.98 Å². The van der Waals surface area contributed by atoms with Gasteiger partial charge >= 0.3 is 0 Å². The Morgan fingerprint density at radius 1 is 1.47 bits per heavy atom. The first-order valence-electron chi connectivity index (χ1n) is 7.65. The highest BCUT2D eigenvalue weighted by atomic mass is 15.2. The lowest BCUT2D eigenvalue weighted by Crippen LogP contribution is -2.34. The van der Waals surface area contributed by atoms with Crippen molar-refractivity contribution in [2.45, 2.75) is 46.1 Å². The molecule has 0 spiro atoms. The van der Waals surface area contributed by atoms with Crippen molar-refractivity contribution in [3.63, 3.8) is 0 Å². The van der Waals surface area contributed by atoms with E-state index in [9.17, 15) is 0 Å². The zero-order valence-corrected chi connectivity index (χ0v) is 12.5. The van der Waals surface area contributed by atoms with Crippen LogP contribution in [0.25, 0.3) is 0 Å². The summed E-state index contributed by atoms with van der Waals surface area (Å²) in [6.07, 6.45) is 5.84. The molecule has 0 radical (unpaired) electrons. The van der Waals surface area contributed by atoms with Gasteiger partial charge in [-0.15, -0.1) is 0 Å². The summed E-state index contributed by atoms with van der Waals surface area (Å²) in [6, 6.07) is 4.79. The molecule has 0 bridgehead atoms. The zero-order valence-electron chi connectivity index (χ0n) is 12.5. The normalized spacial score (nSPS) is 21.4. The van der Waals surface area contributed by atoms with E-state index < -0.39 is 0 Å². The third-order valence-electron chi connectivity index (χ3n) is 3.95. The van der Waals surface area contributed by atoms with Gasteiger partial charge in [0.2, 0.25) is 0 Å². The van der Waals surface area contributed by atoms with Crippen molar-refractivity contribution >= 4 is 5.82 Å². The van der Waals surface area contributed by atoms with Crippen LogP contribution in [0.15, 0.2) is 18.3 Å². The second-order valence-corrected chi connectivity index (χ2v) is 5.82.